The van der Waals surface area contributed by atoms with Crippen LogP contribution in [0.15, 0.2) is 12.1 Å². The third kappa shape index (κ3) is 2.13. The van der Waals surface area contributed by atoms with Crippen LogP contribution in [0.1, 0.15) is 5.56 Å². The maximum absolute atomic E-state index is 12.7. The minimum Gasteiger partial charge on any atom is -0.505 e. The molecule has 1 rings (SSSR count). The van der Waals surface area contributed by atoms with E-state index in [1.54, 1.807) is 0 Å². The van der Waals surface area contributed by atoms with E-state index >= 15 is 0 Å². The van der Waals surface area contributed by atoms with Crippen LogP contribution >= 0.6 is 0 Å². The second-order valence-electron chi connectivity index (χ2n) is 2.49. The summed E-state index contributed by atoms with van der Waals surface area (Å²) in [7, 11) is 0. The molecular formula is C8H9F2NO2. The van der Waals surface area contributed by atoms with Crippen LogP contribution in [0.5, 0.6) is 5.75 Å². The third-order valence-corrected chi connectivity index (χ3v) is 1.64. The lowest BCUT2D eigenvalue weighted by atomic mass is 10.1. The zero-order valence-corrected chi connectivity index (χ0v) is 6.76. The van der Waals surface area contributed by atoms with E-state index in [-0.39, 0.29) is 18.6 Å². The van der Waals surface area contributed by atoms with Crippen molar-refractivity contribution in [3.63, 3.8) is 0 Å². The first kappa shape index (κ1) is 9.88. The molecule has 0 saturated heterocycles. The highest BCUT2D eigenvalue weighted by Gasteiger charge is 2.11. The van der Waals surface area contributed by atoms with Crippen LogP contribution < -0.4 is 5.90 Å². The van der Waals surface area contributed by atoms with Gasteiger partial charge in [-0.2, -0.15) is 4.39 Å². The maximum atomic E-state index is 12.7. The van der Waals surface area contributed by atoms with Gasteiger partial charge in [-0.05, 0) is 11.6 Å². The van der Waals surface area contributed by atoms with Crippen LogP contribution in [0.2, 0.25) is 0 Å². The van der Waals surface area contributed by atoms with E-state index in [1.807, 2.05) is 0 Å². The monoisotopic (exact) mass is 189 g/mol. The minimum absolute atomic E-state index is 0.138. The van der Waals surface area contributed by atoms with Gasteiger partial charge in [-0.3, -0.25) is 0 Å². The number of phenolic OH excluding ortho intramolecular Hbond substituents is 1. The lowest BCUT2D eigenvalue weighted by molar-refractivity contribution is 0.140. The van der Waals surface area contributed by atoms with Gasteiger partial charge in [0, 0.05) is 6.42 Å². The highest BCUT2D eigenvalue weighted by atomic mass is 19.2. The quantitative estimate of drug-likeness (QED) is 0.700. The lowest BCUT2D eigenvalue weighted by Gasteiger charge is -2.04. The lowest BCUT2D eigenvalue weighted by Crippen LogP contribution is -2.04. The average Bonchev–Trinajstić information content (AvgIpc) is 2.13. The summed E-state index contributed by atoms with van der Waals surface area (Å²) in [6, 6.07) is 2.23. The number of phenols is 1. The van der Waals surface area contributed by atoms with E-state index in [0.717, 1.165) is 6.07 Å². The Balaban J connectivity index is 2.90. The van der Waals surface area contributed by atoms with Gasteiger partial charge >= 0.3 is 0 Å². The molecule has 0 aliphatic rings. The van der Waals surface area contributed by atoms with Gasteiger partial charge in [0.05, 0.1) is 6.61 Å². The van der Waals surface area contributed by atoms with E-state index in [2.05, 4.69) is 4.84 Å². The fraction of sp³-hybridized carbons (Fsp3) is 0.250. The summed E-state index contributed by atoms with van der Waals surface area (Å²) in [4.78, 5) is 4.24. The smallest absolute Gasteiger partial charge is 0.200 e. The first-order chi connectivity index (χ1) is 6.16. The largest absolute Gasteiger partial charge is 0.505 e. The molecule has 3 N–H and O–H groups in total. The molecule has 1 aromatic rings. The zero-order chi connectivity index (χ0) is 9.84. The van der Waals surface area contributed by atoms with Crippen LogP contribution in [0, 0.1) is 11.6 Å². The molecule has 0 unspecified atom stereocenters. The van der Waals surface area contributed by atoms with Gasteiger partial charge in [0.2, 0.25) is 5.82 Å². The van der Waals surface area contributed by atoms with Gasteiger partial charge in [-0.15, -0.1) is 0 Å². The number of hydrogen-bond donors (Lipinski definition) is 2. The zero-order valence-electron chi connectivity index (χ0n) is 6.76. The molecule has 0 spiro atoms. The molecule has 0 saturated carbocycles. The molecule has 0 aliphatic carbocycles. The SMILES string of the molecule is NOCCc1ccc(F)c(F)c1O. The summed E-state index contributed by atoms with van der Waals surface area (Å²) >= 11 is 0. The highest BCUT2D eigenvalue weighted by Crippen LogP contribution is 2.23. The van der Waals surface area contributed by atoms with Gasteiger partial charge in [0.25, 0.3) is 0 Å². The van der Waals surface area contributed by atoms with Gasteiger partial charge < -0.3 is 9.94 Å². The normalized spacial score (nSPS) is 10.4. The summed E-state index contributed by atoms with van der Waals surface area (Å²) < 4.78 is 25.2. The van der Waals surface area contributed by atoms with Crippen molar-refractivity contribution in [2.75, 3.05) is 6.61 Å². The molecule has 1 aromatic carbocycles. The molecule has 0 fully saturated rings. The fourth-order valence-electron chi connectivity index (χ4n) is 0.951. The highest BCUT2D eigenvalue weighted by molar-refractivity contribution is 5.34. The second-order valence-corrected chi connectivity index (χ2v) is 2.49. The Bertz CT molecular complexity index is 304. The summed E-state index contributed by atoms with van der Waals surface area (Å²) in [6.07, 6.45) is 0.236. The van der Waals surface area contributed by atoms with Crippen LogP contribution in [0.3, 0.4) is 0 Å². The Morgan fingerprint density at radius 1 is 1.38 bits per heavy atom. The minimum atomic E-state index is -1.24. The van der Waals surface area contributed by atoms with Crippen molar-refractivity contribution in [2.24, 2.45) is 5.90 Å². The van der Waals surface area contributed by atoms with E-state index in [9.17, 15) is 8.78 Å². The average molecular weight is 189 g/mol. The predicted molar refractivity (Wildman–Crippen MR) is 41.9 cm³/mol. The Labute approximate surface area is 73.7 Å². The number of aromatic hydroxyl groups is 1. The van der Waals surface area contributed by atoms with Crippen LogP contribution in [-0.4, -0.2) is 11.7 Å². The van der Waals surface area contributed by atoms with E-state index in [0.29, 0.717) is 0 Å². The van der Waals surface area contributed by atoms with E-state index in [4.69, 9.17) is 11.0 Å². The number of rotatable bonds is 3. The fourth-order valence-corrected chi connectivity index (χ4v) is 0.951. The van der Waals surface area contributed by atoms with Crippen molar-refractivity contribution in [3.05, 3.63) is 29.3 Å². The topological polar surface area (TPSA) is 55.5 Å². The van der Waals surface area contributed by atoms with Crippen molar-refractivity contribution >= 4 is 0 Å². The third-order valence-electron chi connectivity index (χ3n) is 1.64. The van der Waals surface area contributed by atoms with E-state index < -0.39 is 17.4 Å². The number of hydrogen-bond acceptors (Lipinski definition) is 3. The van der Waals surface area contributed by atoms with Crippen molar-refractivity contribution in [1.82, 2.24) is 0 Å². The van der Waals surface area contributed by atoms with Crippen molar-refractivity contribution in [2.45, 2.75) is 6.42 Å². The molecular weight excluding hydrogens is 180 g/mol. The van der Waals surface area contributed by atoms with Crippen LogP contribution in [-0.2, 0) is 11.3 Å². The summed E-state index contributed by atoms with van der Waals surface area (Å²) in [5, 5.41) is 9.09. The van der Waals surface area contributed by atoms with Crippen LogP contribution in [0.25, 0.3) is 0 Å². The molecule has 72 valence electrons. The number of nitrogens with two attached hydrogens (primary N) is 1. The molecule has 3 nitrogen and oxygen atoms in total. The van der Waals surface area contributed by atoms with Gasteiger partial charge in [-0.25, -0.2) is 10.3 Å². The first-order valence-electron chi connectivity index (χ1n) is 3.64. The molecule has 0 aliphatic heterocycles. The standard InChI is InChI=1S/C8H9F2NO2/c9-6-2-1-5(3-4-13-11)8(12)7(6)10/h1-2,12H,3-4,11H2. The van der Waals surface area contributed by atoms with Gasteiger partial charge in [0.1, 0.15) is 0 Å². The predicted octanol–water partition coefficient (Wildman–Crippen LogP) is 1.10. The van der Waals surface area contributed by atoms with Crippen LogP contribution in [0.4, 0.5) is 8.78 Å². The molecule has 0 amide bonds. The first-order valence-corrected chi connectivity index (χ1v) is 3.64. The Morgan fingerprint density at radius 2 is 2.08 bits per heavy atom. The summed E-state index contributed by atoms with van der Waals surface area (Å²) in [6.45, 7) is 0.138. The summed E-state index contributed by atoms with van der Waals surface area (Å²) in [5.41, 5.74) is 0.268. The molecule has 13 heavy (non-hydrogen) atoms. The summed E-state index contributed by atoms with van der Waals surface area (Å²) in [5.74, 6) is 1.75. The van der Waals surface area contributed by atoms with Crippen molar-refractivity contribution < 1.29 is 18.7 Å². The van der Waals surface area contributed by atoms with Crippen molar-refractivity contribution in [3.8, 4) is 5.75 Å². The molecule has 0 bridgehead atoms. The van der Waals surface area contributed by atoms with Crippen molar-refractivity contribution in [1.29, 1.82) is 0 Å². The molecule has 5 heteroatoms. The maximum Gasteiger partial charge on any atom is 0.200 e. The van der Waals surface area contributed by atoms with Gasteiger partial charge in [0.15, 0.2) is 11.6 Å². The van der Waals surface area contributed by atoms with Gasteiger partial charge in [-0.1, -0.05) is 6.07 Å². The number of halogens is 2. The molecule has 0 aromatic heterocycles. The second kappa shape index (κ2) is 4.15. The Hall–Kier alpha value is -1.20. The molecule has 0 radical (unpaired) electrons. The Morgan fingerprint density at radius 3 is 2.69 bits per heavy atom. The number of benzene rings is 1. The molecule has 0 heterocycles. The van der Waals surface area contributed by atoms with E-state index in [1.165, 1.54) is 6.07 Å². The Kier molecular flexibility index (Phi) is 3.16. The molecule has 0 atom stereocenters.